The van der Waals surface area contributed by atoms with Gasteiger partial charge >= 0.3 is 0 Å². The largest absolute Gasteiger partial charge is 0.385 e. The summed E-state index contributed by atoms with van der Waals surface area (Å²) < 4.78 is 5.10. The zero-order chi connectivity index (χ0) is 18.8. The Kier molecular flexibility index (Phi) is 11.7. The first-order valence-electron chi connectivity index (χ1n) is 9.62. The van der Waals surface area contributed by atoms with Crippen LogP contribution in [-0.2, 0) is 11.2 Å². The number of hydrogen-bond donors (Lipinski definition) is 2. The van der Waals surface area contributed by atoms with E-state index in [9.17, 15) is 0 Å². The summed E-state index contributed by atoms with van der Waals surface area (Å²) in [6.45, 7) is 7.97. The zero-order valence-electron chi connectivity index (χ0n) is 17.2. The first kappa shape index (κ1) is 24.0. The van der Waals surface area contributed by atoms with Gasteiger partial charge in [-0.3, -0.25) is 4.99 Å². The number of aliphatic imine (C=N–C) groups is 1. The number of anilines is 1. The highest BCUT2D eigenvalue weighted by molar-refractivity contribution is 14.0. The summed E-state index contributed by atoms with van der Waals surface area (Å²) in [4.78, 5) is 9.13. The SMILES string of the molecule is CN=C(NCCN(C)CCCOC)NCC(C)N1CCc2ccccc21.I. The van der Waals surface area contributed by atoms with Crippen LogP contribution in [-0.4, -0.2) is 77.4 Å². The van der Waals surface area contributed by atoms with Crippen LogP contribution < -0.4 is 15.5 Å². The lowest BCUT2D eigenvalue weighted by Gasteiger charge is -2.28. The highest BCUT2D eigenvalue weighted by Gasteiger charge is 2.22. The van der Waals surface area contributed by atoms with Gasteiger partial charge in [0.05, 0.1) is 0 Å². The number of para-hydroxylation sites is 1. The van der Waals surface area contributed by atoms with Crippen molar-refractivity contribution in [3.05, 3.63) is 29.8 Å². The van der Waals surface area contributed by atoms with Crippen LogP contribution >= 0.6 is 24.0 Å². The Morgan fingerprint density at radius 3 is 2.81 bits per heavy atom. The summed E-state index contributed by atoms with van der Waals surface area (Å²) in [5.74, 6) is 0.870. The molecule has 0 amide bonds. The number of fused-ring (bicyclic) bond motifs is 1. The molecule has 1 atom stereocenters. The first-order valence-corrected chi connectivity index (χ1v) is 9.62. The first-order chi connectivity index (χ1) is 12.7. The Balaban J connectivity index is 0.00000364. The minimum Gasteiger partial charge on any atom is -0.385 e. The quantitative estimate of drug-likeness (QED) is 0.229. The van der Waals surface area contributed by atoms with Crippen LogP contribution in [0, 0.1) is 0 Å². The summed E-state index contributed by atoms with van der Waals surface area (Å²) in [6.07, 6.45) is 2.21. The lowest BCUT2D eigenvalue weighted by atomic mass is 10.2. The number of benzene rings is 1. The van der Waals surface area contributed by atoms with Crippen molar-refractivity contribution in [1.29, 1.82) is 0 Å². The second kappa shape index (κ2) is 13.2. The molecular weight excluding hydrogens is 453 g/mol. The van der Waals surface area contributed by atoms with Gasteiger partial charge in [0.1, 0.15) is 0 Å². The Bertz CT molecular complexity index is 569. The van der Waals surface area contributed by atoms with Gasteiger partial charge in [0, 0.05) is 65.2 Å². The molecule has 1 aliphatic rings. The van der Waals surface area contributed by atoms with Gasteiger partial charge in [0.2, 0.25) is 0 Å². The molecule has 1 aliphatic heterocycles. The summed E-state index contributed by atoms with van der Waals surface area (Å²) in [6, 6.07) is 9.14. The second-order valence-corrected chi connectivity index (χ2v) is 6.95. The third kappa shape index (κ3) is 7.83. The van der Waals surface area contributed by atoms with Gasteiger partial charge in [-0.2, -0.15) is 0 Å². The Hall–Kier alpha value is -1.06. The smallest absolute Gasteiger partial charge is 0.191 e. The summed E-state index contributed by atoms with van der Waals surface area (Å²) in [5.41, 5.74) is 2.83. The van der Waals surface area contributed by atoms with E-state index in [1.54, 1.807) is 7.11 Å². The molecule has 1 unspecified atom stereocenters. The maximum absolute atomic E-state index is 5.10. The number of guanidine groups is 1. The van der Waals surface area contributed by atoms with Crippen molar-refractivity contribution < 1.29 is 4.74 Å². The van der Waals surface area contributed by atoms with E-state index < -0.39 is 0 Å². The molecule has 154 valence electrons. The van der Waals surface area contributed by atoms with E-state index >= 15 is 0 Å². The third-order valence-corrected chi connectivity index (χ3v) is 4.92. The van der Waals surface area contributed by atoms with Crippen LogP contribution in [0.25, 0.3) is 0 Å². The van der Waals surface area contributed by atoms with Gasteiger partial charge in [-0.15, -0.1) is 24.0 Å². The van der Waals surface area contributed by atoms with E-state index in [1.807, 2.05) is 7.05 Å². The van der Waals surface area contributed by atoms with Crippen molar-refractivity contribution >= 4 is 35.6 Å². The number of hydrogen-bond acceptors (Lipinski definition) is 4. The number of methoxy groups -OCH3 is 1. The van der Waals surface area contributed by atoms with Gasteiger partial charge in [0.25, 0.3) is 0 Å². The molecule has 0 fully saturated rings. The van der Waals surface area contributed by atoms with E-state index in [0.717, 1.165) is 58.1 Å². The van der Waals surface area contributed by atoms with Gasteiger partial charge in [-0.05, 0) is 38.4 Å². The van der Waals surface area contributed by atoms with E-state index in [-0.39, 0.29) is 24.0 Å². The fourth-order valence-electron chi connectivity index (χ4n) is 3.35. The molecule has 1 aromatic rings. The standard InChI is InChI=1S/C20H35N5O.HI/c1-17(25-13-10-18-8-5-6-9-19(18)25)16-23-20(21-2)22-11-14-24(3)12-7-15-26-4;/h5-6,8-9,17H,7,10-16H2,1-4H3,(H2,21,22,23);1H. The van der Waals surface area contributed by atoms with E-state index in [4.69, 9.17) is 4.74 Å². The topological polar surface area (TPSA) is 52.1 Å². The average Bonchev–Trinajstić information content (AvgIpc) is 3.08. The molecule has 2 N–H and O–H groups in total. The molecule has 0 aliphatic carbocycles. The van der Waals surface area contributed by atoms with Crippen molar-refractivity contribution in [2.75, 3.05) is 65.4 Å². The third-order valence-electron chi connectivity index (χ3n) is 4.92. The van der Waals surface area contributed by atoms with Crippen molar-refractivity contribution in [1.82, 2.24) is 15.5 Å². The maximum atomic E-state index is 5.10. The molecule has 0 spiro atoms. The lowest BCUT2D eigenvalue weighted by molar-refractivity contribution is 0.180. The molecule has 7 heteroatoms. The minimum absolute atomic E-state index is 0. The molecule has 27 heavy (non-hydrogen) atoms. The van der Waals surface area contributed by atoms with Crippen LogP contribution in [0.2, 0.25) is 0 Å². The van der Waals surface area contributed by atoms with Crippen LogP contribution in [0.3, 0.4) is 0 Å². The molecule has 1 aromatic carbocycles. The summed E-state index contributed by atoms with van der Waals surface area (Å²) in [7, 11) is 5.72. The van der Waals surface area contributed by atoms with Gasteiger partial charge in [-0.1, -0.05) is 18.2 Å². The minimum atomic E-state index is 0. The molecule has 0 aromatic heterocycles. The lowest BCUT2D eigenvalue weighted by Crippen LogP contribution is -2.47. The molecule has 6 nitrogen and oxygen atoms in total. The average molecular weight is 489 g/mol. The van der Waals surface area contributed by atoms with E-state index in [2.05, 4.69) is 63.7 Å². The number of nitrogens with one attached hydrogen (secondary N) is 2. The maximum Gasteiger partial charge on any atom is 0.191 e. The van der Waals surface area contributed by atoms with Gasteiger partial charge in [0.15, 0.2) is 5.96 Å². The fraction of sp³-hybridized carbons (Fsp3) is 0.650. The van der Waals surface area contributed by atoms with Crippen LogP contribution in [0.5, 0.6) is 0 Å². The van der Waals surface area contributed by atoms with Crippen molar-refractivity contribution in [2.24, 2.45) is 4.99 Å². The monoisotopic (exact) mass is 489 g/mol. The van der Waals surface area contributed by atoms with Crippen molar-refractivity contribution in [2.45, 2.75) is 25.8 Å². The van der Waals surface area contributed by atoms with Gasteiger partial charge in [-0.25, -0.2) is 0 Å². The number of likely N-dealkylation sites (N-methyl/N-ethyl adjacent to an activating group) is 1. The Labute approximate surface area is 181 Å². The molecule has 1 heterocycles. The van der Waals surface area contributed by atoms with Crippen molar-refractivity contribution in [3.8, 4) is 0 Å². The van der Waals surface area contributed by atoms with Crippen LogP contribution in [0.4, 0.5) is 5.69 Å². The second-order valence-electron chi connectivity index (χ2n) is 6.95. The summed E-state index contributed by atoms with van der Waals surface area (Å²) in [5, 5.41) is 6.86. The highest BCUT2D eigenvalue weighted by atomic mass is 127. The van der Waals surface area contributed by atoms with E-state index in [0.29, 0.717) is 6.04 Å². The number of rotatable bonds is 10. The predicted molar refractivity (Wildman–Crippen MR) is 126 cm³/mol. The van der Waals surface area contributed by atoms with Crippen LogP contribution in [0.15, 0.2) is 29.3 Å². The normalized spacial score (nSPS) is 14.7. The molecule has 2 rings (SSSR count). The van der Waals surface area contributed by atoms with Gasteiger partial charge < -0.3 is 25.2 Å². The van der Waals surface area contributed by atoms with E-state index in [1.165, 1.54) is 11.3 Å². The number of nitrogens with zero attached hydrogens (tertiary/aromatic N) is 3. The number of ether oxygens (including phenoxy) is 1. The predicted octanol–water partition coefficient (Wildman–Crippen LogP) is 2.19. The molecule has 0 saturated carbocycles. The Morgan fingerprint density at radius 2 is 2.07 bits per heavy atom. The van der Waals surface area contributed by atoms with Crippen LogP contribution in [0.1, 0.15) is 18.9 Å². The molecule has 0 saturated heterocycles. The number of halogens is 1. The molecular formula is C20H36IN5O. The molecule has 0 bridgehead atoms. The summed E-state index contributed by atoms with van der Waals surface area (Å²) >= 11 is 0. The van der Waals surface area contributed by atoms with Crippen molar-refractivity contribution in [3.63, 3.8) is 0 Å². The Morgan fingerprint density at radius 1 is 1.30 bits per heavy atom. The molecule has 0 radical (unpaired) electrons. The fourth-order valence-corrected chi connectivity index (χ4v) is 3.35. The highest BCUT2D eigenvalue weighted by Crippen LogP contribution is 2.28. The zero-order valence-corrected chi connectivity index (χ0v) is 19.5.